The van der Waals surface area contributed by atoms with Crippen LogP contribution in [0.15, 0.2) is 47.4 Å². The molecule has 0 aliphatic carbocycles. The third-order valence-electron chi connectivity index (χ3n) is 4.33. The monoisotopic (exact) mass is 438 g/mol. The lowest BCUT2D eigenvalue weighted by Crippen LogP contribution is -2.41. The molecule has 0 atom stereocenters. The Morgan fingerprint density at radius 2 is 1.83 bits per heavy atom. The Balaban J connectivity index is 2.30. The van der Waals surface area contributed by atoms with E-state index in [4.69, 9.17) is 16.3 Å². The van der Waals surface area contributed by atoms with Gasteiger partial charge in [0.15, 0.2) is 0 Å². The number of benzene rings is 2. The number of anilines is 1. The Morgan fingerprint density at radius 1 is 1.14 bits per heavy atom. The van der Waals surface area contributed by atoms with Gasteiger partial charge in [-0.3, -0.25) is 9.10 Å². The molecule has 2 aromatic rings. The fourth-order valence-electron chi connectivity index (χ4n) is 2.72. The molecule has 0 saturated heterocycles. The van der Waals surface area contributed by atoms with Crippen molar-refractivity contribution in [3.05, 3.63) is 58.6 Å². The molecular weight excluding hydrogens is 412 g/mol. The van der Waals surface area contributed by atoms with Crippen LogP contribution in [0.3, 0.4) is 0 Å². The summed E-state index contributed by atoms with van der Waals surface area (Å²) in [4.78, 5) is 12.6. The molecule has 0 saturated carbocycles. The molecule has 0 aliphatic heterocycles. The van der Waals surface area contributed by atoms with E-state index in [0.717, 1.165) is 9.87 Å². The molecule has 29 heavy (non-hydrogen) atoms. The van der Waals surface area contributed by atoms with E-state index in [1.165, 1.54) is 12.1 Å². The number of aryl methyl sites for hydroxylation is 2. The molecule has 0 bridgehead atoms. The van der Waals surface area contributed by atoms with E-state index >= 15 is 0 Å². The molecule has 158 valence electrons. The summed E-state index contributed by atoms with van der Waals surface area (Å²) in [5, 5.41) is 3.15. The summed E-state index contributed by atoms with van der Waals surface area (Å²) in [5.41, 5.74) is 2.03. The third kappa shape index (κ3) is 6.45. The van der Waals surface area contributed by atoms with Crippen molar-refractivity contribution in [3.63, 3.8) is 0 Å². The van der Waals surface area contributed by atoms with Gasteiger partial charge in [0, 0.05) is 24.8 Å². The lowest BCUT2D eigenvalue weighted by atomic mass is 10.2. The van der Waals surface area contributed by atoms with Gasteiger partial charge in [0.2, 0.25) is 5.91 Å². The Kier molecular flexibility index (Phi) is 8.49. The number of amides is 1. The Bertz CT molecular complexity index is 930. The first-order valence-corrected chi connectivity index (χ1v) is 11.3. The van der Waals surface area contributed by atoms with Crippen LogP contribution in [0.4, 0.5) is 5.69 Å². The molecule has 6 nitrogen and oxygen atoms in total. The van der Waals surface area contributed by atoms with Gasteiger partial charge in [0.25, 0.3) is 10.0 Å². The van der Waals surface area contributed by atoms with Crippen LogP contribution in [0.25, 0.3) is 0 Å². The predicted molar refractivity (Wildman–Crippen MR) is 116 cm³/mol. The van der Waals surface area contributed by atoms with Crippen LogP contribution < -0.4 is 9.62 Å². The van der Waals surface area contributed by atoms with Gasteiger partial charge in [-0.15, -0.1) is 0 Å². The van der Waals surface area contributed by atoms with E-state index in [-0.39, 0.29) is 11.4 Å². The largest absolute Gasteiger partial charge is 0.382 e. The van der Waals surface area contributed by atoms with Crippen molar-refractivity contribution < 1.29 is 17.9 Å². The summed E-state index contributed by atoms with van der Waals surface area (Å²) in [5.74, 6) is -0.392. The highest BCUT2D eigenvalue weighted by Crippen LogP contribution is 2.29. The number of carbonyl (C=O) groups excluding carboxylic acids is 1. The van der Waals surface area contributed by atoms with Crippen LogP contribution in [-0.2, 0) is 19.6 Å². The fraction of sp³-hybridized carbons (Fsp3) is 0.381. The highest BCUT2D eigenvalue weighted by molar-refractivity contribution is 7.92. The molecule has 1 amide bonds. The van der Waals surface area contributed by atoms with Gasteiger partial charge in [0.1, 0.15) is 6.54 Å². The average molecular weight is 439 g/mol. The van der Waals surface area contributed by atoms with Gasteiger partial charge in [-0.05, 0) is 57.0 Å². The van der Waals surface area contributed by atoms with E-state index in [1.807, 2.05) is 13.8 Å². The number of nitrogens with zero attached hydrogens (tertiary/aromatic N) is 1. The highest BCUT2D eigenvalue weighted by atomic mass is 35.5. The summed E-state index contributed by atoms with van der Waals surface area (Å²) in [6.45, 7) is 6.78. The van der Waals surface area contributed by atoms with Crippen LogP contribution in [-0.4, -0.2) is 40.6 Å². The van der Waals surface area contributed by atoms with E-state index in [1.54, 1.807) is 37.3 Å². The zero-order valence-electron chi connectivity index (χ0n) is 16.9. The maximum absolute atomic E-state index is 13.3. The molecule has 1 N–H and O–H groups in total. The van der Waals surface area contributed by atoms with Crippen LogP contribution in [0.5, 0.6) is 0 Å². The molecule has 0 unspecified atom stereocenters. The maximum Gasteiger partial charge on any atom is 0.264 e. The normalized spacial score (nSPS) is 11.3. The smallest absolute Gasteiger partial charge is 0.264 e. The molecule has 2 aromatic carbocycles. The van der Waals surface area contributed by atoms with Crippen molar-refractivity contribution in [2.75, 3.05) is 30.6 Å². The number of rotatable bonds is 10. The molecule has 0 aliphatic rings. The van der Waals surface area contributed by atoms with Crippen molar-refractivity contribution in [1.82, 2.24) is 5.32 Å². The minimum absolute atomic E-state index is 0.117. The van der Waals surface area contributed by atoms with Crippen LogP contribution >= 0.6 is 11.6 Å². The second-order valence-electron chi connectivity index (χ2n) is 6.66. The molecule has 0 fully saturated rings. The average Bonchev–Trinajstić information content (AvgIpc) is 2.68. The molecule has 0 heterocycles. The lowest BCUT2D eigenvalue weighted by Gasteiger charge is -2.26. The first-order valence-electron chi connectivity index (χ1n) is 9.45. The van der Waals surface area contributed by atoms with Crippen LogP contribution in [0.1, 0.15) is 24.5 Å². The Hall–Kier alpha value is -2.09. The molecule has 0 spiro atoms. The van der Waals surface area contributed by atoms with Gasteiger partial charge >= 0.3 is 0 Å². The molecule has 0 aromatic heterocycles. The predicted octanol–water partition coefficient (Wildman–Crippen LogP) is 3.69. The van der Waals surface area contributed by atoms with Gasteiger partial charge in [-0.2, -0.15) is 0 Å². The summed E-state index contributed by atoms with van der Waals surface area (Å²) in [6, 6.07) is 11.5. The number of hydrogen-bond donors (Lipinski definition) is 1. The topological polar surface area (TPSA) is 75.7 Å². The minimum Gasteiger partial charge on any atom is -0.382 e. The molecule has 0 radical (unpaired) electrons. The summed E-state index contributed by atoms with van der Waals surface area (Å²) in [7, 11) is -3.96. The highest BCUT2D eigenvalue weighted by Gasteiger charge is 2.28. The summed E-state index contributed by atoms with van der Waals surface area (Å²) >= 11 is 6.11. The van der Waals surface area contributed by atoms with Gasteiger partial charge in [-0.1, -0.05) is 35.4 Å². The Labute approximate surface area is 177 Å². The standard InChI is InChI=1S/C21H27ClN2O4S/c1-4-28-13-5-12-23-21(25)15-24(20-14-18(22)9-8-17(20)3)29(26,27)19-10-6-16(2)7-11-19/h6-11,14H,4-5,12-13,15H2,1-3H3,(H,23,25). The van der Waals surface area contributed by atoms with Crippen molar-refractivity contribution in [1.29, 1.82) is 0 Å². The number of nitrogens with one attached hydrogen (secondary N) is 1. The summed E-state index contributed by atoms with van der Waals surface area (Å²) in [6.07, 6.45) is 0.653. The van der Waals surface area contributed by atoms with E-state index in [2.05, 4.69) is 5.32 Å². The van der Waals surface area contributed by atoms with E-state index in [0.29, 0.717) is 42.5 Å². The van der Waals surface area contributed by atoms with Crippen molar-refractivity contribution in [3.8, 4) is 0 Å². The summed E-state index contributed by atoms with van der Waals surface area (Å²) < 4.78 is 33.0. The zero-order valence-corrected chi connectivity index (χ0v) is 18.5. The maximum atomic E-state index is 13.3. The minimum atomic E-state index is -3.96. The molecule has 8 heteroatoms. The van der Waals surface area contributed by atoms with E-state index in [9.17, 15) is 13.2 Å². The fourth-order valence-corrected chi connectivity index (χ4v) is 4.36. The first kappa shape index (κ1) is 23.2. The number of carbonyl (C=O) groups is 1. The SMILES string of the molecule is CCOCCCNC(=O)CN(c1cc(Cl)ccc1C)S(=O)(=O)c1ccc(C)cc1. The quantitative estimate of drug-likeness (QED) is 0.574. The lowest BCUT2D eigenvalue weighted by molar-refractivity contribution is -0.119. The van der Waals surface area contributed by atoms with Gasteiger partial charge < -0.3 is 10.1 Å². The molecular formula is C21H27ClN2O4S. The van der Waals surface area contributed by atoms with Crippen LogP contribution in [0.2, 0.25) is 5.02 Å². The van der Waals surface area contributed by atoms with Crippen molar-refractivity contribution >= 4 is 33.2 Å². The zero-order chi connectivity index (χ0) is 21.4. The first-order chi connectivity index (χ1) is 13.8. The van der Waals surface area contributed by atoms with E-state index < -0.39 is 15.9 Å². The van der Waals surface area contributed by atoms with Crippen molar-refractivity contribution in [2.45, 2.75) is 32.1 Å². The van der Waals surface area contributed by atoms with Crippen molar-refractivity contribution in [2.24, 2.45) is 0 Å². The van der Waals surface area contributed by atoms with Gasteiger partial charge in [0.05, 0.1) is 10.6 Å². The second kappa shape index (κ2) is 10.6. The number of hydrogen-bond acceptors (Lipinski definition) is 4. The Morgan fingerprint density at radius 3 is 2.48 bits per heavy atom. The second-order valence-corrected chi connectivity index (χ2v) is 8.95. The number of ether oxygens (including phenoxy) is 1. The third-order valence-corrected chi connectivity index (χ3v) is 6.34. The van der Waals surface area contributed by atoms with Gasteiger partial charge in [-0.25, -0.2) is 8.42 Å². The van der Waals surface area contributed by atoms with Crippen LogP contribution in [0, 0.1) is 13.8 Å². The number of sulfonamides is 1. The number of halogens is 1. The molecule has 2 rings (SSSR count).